The summed E-state index contributed by atoms with van der Waals surface area (Å²) in [5.74, 6) is 0.177. The number of aromatic nitrogens is 1. The standard InChI is InChI=1S/C20H23N3OS2.ClH/c1-2-13-23(14-9-11-21-12-10-14)20(24)18-8-7-17(25-18)19-22-15-5-3-4-6-16(15)26-19;/h3-8,14,21H,2,9-13H2,1H3;1H. The van der Waals surface area contributed by atoms with Gasteiger partial charge in [0.25, 0.3) is 5.91 Å². The van der Waals surface area contributed by atoms with Crippen LogP contribution in [0.4, 0.5) is 0 Å². The lowest BCUT2D eigenvalue weighted by molar-refractivity contribution is 0.0647. The molecule has 3 aromatic rings. The zero-order valence-electron chi connectivity index (χ0n) is 15.3. The smallest absolute Gasteiger partial charge is 0.264 e. The molecule has 1 saturated heterocycles. The van der Waals surface area contributed by atoms with E-state index in [-0.39, 0.29) is 18.3 Å². The van der Waals surface area contributed by atoms with Crippen LogP contribution in [0.25, 0.3) is 20.1 Å². The summed E-state index contributed by atoms with van der Waals surface area (Å²) in [5.41, 5.74) is 1.02. The Morgan fingerprint density at radius 1 is 1.19 bits per heavy atom. The number of carbonyl (C=O) groups excluding carboxylic acids is 1. The van der Waals surface area contributed by atoms with E-state index in [2.05, 4.69) is 23.2 Å². The van der Waals surface area contributed by atoms with Crippen LogP contribution >= 0.6 is 35.1 Å². The Morgan fingerprint density at radius 3 is 2.70 bits per heavy atom. The third-order valence-corrected chi connectivity index (χ3v) is 7.08. The molecule has 4 nitrogen and oxygen atoms in total. The maximum atomic E-state index is 13.1. The summed E-state index contributed by atoms with van der Waals surface area (Å²) in [7, 11) is 0. The van der Waals surface area contributed by atoms with E-state index < -0.39 is 0 Å². The van der Waals surface area contributed by atoms with E-state index in [9.17, 15) is 4.79 Å². The molecule has 1 fully saturated rings. The highest BCUT2D eigenvalue weighted by molar-refractivity contribution is 7.26. The molecule has 0 atom stereocenters. The zero-order valence-corrected chi connectivity index (χ0v) is 17.8. The first kappa shape index (κ1) is 20.3. The molecule has 0 spiro atoms. The summed E-state index contributed by atoms with van der Waals surface area (Å²) in [6.45, 7) is 4.97. The largest absolute Gasteiger partial charge is 0.335 e. The van der Waals surface area contributed by atoms with Gasteiger partial charge in [-0.05, 0) is 56.6 Å². The molecule has 144 valence electrons. The van der Waals surface area contributed by atoms with Gasteiger partial charge in [0.1, 0.15) is 5.01 Å². The predicted octanol–water partition coefficient (Wildman–Crippen LogP) is 5.05. The second-order valence-corrected chi connectivity index (χ2v) is 8.74. The number of rotatable bonds is 5. The lowest BCUT2D eigenvalue weighted by atomic mass is 10.0. The number of benzene rings is 1. The van der Waals surface area contributed by atoms with Crippen LogP contribution in [0, 0.1) is 0 Å². The van der Waals surface area contributed by atoms with Gasteiger partial charge in [0.15, 0.2) is 0 Å². The summed E-state index contributed by atoms with van der Waals surface area (Å²) >= 11 is 3.26. The molecule has 7 heteroatoms. The summed E-state index contributed by atoms with van der Waals surface area (Å²) in [4.78, 5) is 21.9. The molecule has 2 aromatic heterocycles. The molecule has 1 N–H and O–H groups in total. The first-order valence-corrected chi connectivity index (χ1v) is 10.9. The molecule has 1 aliphatic rings. The third-order valence-electron chi connectivity index (χ3n) is 4.80. The molecule has 3 heterocycles. The van der Waals surface area contributed by atoms with E-state index in [4.69, 9.17) is 4.98 Å². The molecule has 0 saturated carbocycles. The lowest BCUT2D eigenvalue weighted by Crippen LogP contribution is -2.46. The molecular formula is C20H24ClN3OS2. The summed E-state index contributed by atoms with van der Waals surface area (Å²) in [5, 5.41) is 4.39. The average molecular weight is 422 g/mol. The number of para-hydroxylation sites is 1. The van der Waals surface area contributed by atoms with Gasteiger partial charge in [0.2, 0.25) is 0 Å². The van der Waals surface area contributed by atoms with Crippen LogP contribution < -0.4 is 5.32 Å². The number of nitrogens with zero attached hydrogens (tertiary/aromatic N) is 2. The van der Waals surface area contributed by atoms with E-state index in [0.717, 1.165) is 59.2 Å². The van der Waals surface area contributed by atoms with Crippen molar-refractivity contribution in [3.63, 3.8) is 0 Å². The number of thiophene rings is 1. The molecule has 0 unspecified atom stereocenters. The van der Waals surface area contributed by atoms with Gasteiger partial charge < -0.3 is 10.2 Å². The summed E-state index contributed by atoms with van der Waals surface area (Å²) < 4.78 is 1.19. The van der Waals surface area contributed by atoms with Crippen molar-refractivity contribution in [2.45, 2.75) is 32.2 Å². The van der Waals surface area contributed by atoms with Gasteiger partial charge in [-0.15, -0.1) is 35.1 Å². The minimum atomic E-state index is 0. The Balaban J connectivity index is 0.00000210. The number of hydrogen-bond acceptors (Lipinski definition) is 5. The quantitative estimate of drug-likeness (QED) is 0.626. The number of piperidine rings is 1. The molecular weight excluding hydrogens is 398 g/mol. The van der Waals surface area contributed by atoms with E-state index in [0.29, 0.717) is 6.04 Å². The van der Waals surface area contributed by atoms with Crippen molar-refractivity contribution in [3.8, 4) is 9.88 Å². The molecule has 0 bridgehead atoms. The van der Waals surface area contributed by atoms with E-state index in [1.807, 2.05) is 30.3 Å². The van der Waals surface area contributed by atoms with Crippen LogP contribution in [0.5, 0.6) is 0 Å². The molecule has 0 radical (unpaired) electrons. The Hall–Kier alpha value is -1.47. The fourth-order valence-corrected chi connectivity index (χ4v) is 5.48. The first-order chi connectivity index (χ1) is 12.8. The van der Waals surface area contributed by atoms with E-state index in [1.54, 1.807) is 22.7 Å². The van der Waals surface area contributed by atoms with Crippen molar-refractivity contribution in [2.24, 2.45) is 0 Å². The highest BCUT2D eigenvalue weighted by Gasteiger charge is 2.26. The van der Waals surface area contributed by atoms with Gasteiger partial charge in [-0.3, -0.25) is 4.79 Å². The van der Waals surface area contributed by atoms with Crippen LogP contribution in [0.15, 0.2) is 36.4 Å². The van der Waals surface area contributed by atoms with Gasteiger partial charge in [-0.1, -0.05) is 19.1 Å². The van der Waals surface area contributed by atoms with Crippen molar-refractivity contribution >= 4 is 51.2 Å². The zero-order chi connectivity index (χ0) is 17.9. The first-order valence-electron chi connectivity index (χ1n) is 9.23. The monoisotopic (exact) mass is 421 g/mol. The molecule has 0 aliphatic carbocycles. The van der Waals surface area contributed by atoms with Crippen LogP contribution in [0.1, 0.15) is 35.9 Å². The van der Waals surface area contributed by atoms with E-state index >= 15 is 0 Å². The van der Waals surface area contributed by atoms with Crippen molar-refractivity contribution < 1.29 is 4.79 Å². The van der Waals surface area contributed by atoms with Gasteiger partial charge >= 0.3 is 0 Å². The van der Waals surface area contributed by atoms with Gasteiger partial charge in [0.05, 0.1) is 20.0 Å². The van der Waals surface area contributed by atoms with Crippen LogP contribution in [-0.4, -0.2) is 41.5 Å². The highest BCUT2D eigenvalue weighted by atomic mass is 35.5. The fourth-order valence-electron chi connectivity index (χ4n) is 3.50. The number of halogens is 1. The minimum absolute atomic E-state index is 0. The van der Waals surface area contributed by atoms with Gasteiger partial charge in [-0.2, -0.15) is 0 Å². The number of fused-ring (bicyclic) bond motifs is 1. The number of hydrogen-bond donors (Lipinski definition) is 1. The van der Waals surface area contributed by atoms with Crippen molar-refractivity contribution in [1.29, 1.82) is 0 Å². The molecule has 27 heavy (non-hydrogen) atoms. The predicted molar refractivity (Wildman–Crippen MR) is 117 cm³/mol. The van der Waals surface area contributed by atoms with Crippen molar-refractivity contribution in [1.82, 2.24) is 15.2 Å². The maximum absolute atomic E-state index is 13.1. The Morgan fingerprint density at radius 2 is 1.96 bits per heavy atom. The molecule has 1 amide bonds. The normalized spacial score (nSPS) is 14.9. The SMILES string of the molecule is CCCN(C(=O)c1ccc(-c2nc3ccccc3s2)s1)C1CCNCC1.Cl. The lowest BCUT2D eigenvalue weighted by Gasteiger charge is -2.34. The number of nitrogens with one attached hydrogen (secondary N) is 1. The van der Waals surface area contributed by atoms with Gasteiger partial charge in [-0.25, -0.2) is 4.98 Å². The minimum Gasteiger partial charge on any atom is -0.335 e. The average Bonchev–Trinajstić information content (AvgIpc) is 3.33. The van der Waals surface area contributed by atoms with Crippen LogP contribution in [-0.2, 0) is 0 Å². The summed E-state index contributed by atoms with van der Waals surface area (Å²) in [6.07, 6.45) is 3.08. The number of carbonyl (C=O) groups is 1. The van der Waals surface area contributed by atoms with Gasteiger partial charge in [0, 0.05) is 12.6 Å². The number of amides is 1. The Kier molecular flexibility index (Phi) is 6.87. The fraction of sp³-hybridized carbons (Fsp3) is 0.400. The second-order valence-electron chi connectivity index (χ2n) is 6.63. The van der Waals surface area contributed by atoms with Crippen LogP contribution in [0.3, 0.4) is 0 Å². The van der Waals surface area contributed by atoms with Crippen LogP contribution in [0.2, 0.25) is 0 Å². The molecule has 1 aromatic carbocycles. The topological polar surface area (TPSA) is 45.2 Å². The highest BCUT2D eigenvalue weighted by Crippen LogP contribution is 2.35. The summed E-state index contributed by atoms with van der Waals surface area (Å²) in [6, 6.07) is 12.6. The Labute approximate surface area is 174 Å². The van der Waals surface area contributed by atoms with E-state index in [1.165, 1.54) is 4.70 Å². The third kappa shape index (κ3) is 4.35. The number of thiazole rings is 1. The second kappa shape index (κ2) is 9.15. The molecule has 4 rings (SSSR count). The Bertz CT molecular complexity index is 868. The van der Waals surface area contributed by atoms with Crippen molar-refractivity contribution in [3.05, 3.63) is 41.3 Å². The van der Waals surface area contributed by atoms with Crippen molar-refractivity contribution in [2.75, 3.05) is 19.6 Å². The maximum Gasteiger partial charge on any atom is 0.264 e. The molecule has 1 aliphatic heterocycles.